The van der Waals surface area contributed by atoms with Crippen LogP contribution in [0.3, 0.4) is 0 Å². The second-order valence-corrected chi connectivity index (χ2v) is 8.01. The molecule has 164 valence electrons. The van der Waals surface area contributed by atoms with Crippen molar-refractivity contribution in [3.05, 3.63) is 64.1 Å². The van der Waals surface area contributed by atoms with Gasteiger partial charge in [0.05, 0.1) is 6.54 Å². The third kappa shape index (κ3) is 6.87. The Morgan fingerprint density at radius 2 is 1.58 bits per heavy atom. The van der Waals surface area contributed by atoms with E-state index in [2.05, 4.69) is 15.5 Å². The quantitative estimate of drug-likeness (QED) is 0.662. The molecule has 1 saturated heterocycles. The van der Waals surface area contributed by atoms with Crippen LogP contribution in [0.5, 0.6) is 0 Å². The number of piperazine rings is 1. The van der Waals surface area contributed by atoms with Crippen LogP contribution >= 0.6 is 23.2 Å². The van der Waals surface area contributed by atoms with Gasteiger partial charge < -0.3 is 20.4 Å². The Kier molecular flexibility index (Phi) is 8.14. The van der Waals surface area contributed by atoms with Crippen LogP contribution in [0.4, 0.5) is 5.69 Å². The molecule has 1 aliphatic rings. The Labute approximate surface area is 191 Å². The zero-order valence-electron chi connectivity index (χ0n) is 16.9. The number of carbonyl (C=O) groups excluding carboxylic acids is 3. The summed E-state index contributed by atoms with van der Waals surface area (Å²) < 4.78 is 0. The lowest BCUT2D eigenvalue weighted by Gasteiger charge is -2.36. The van der Waals surface area contributed by atoms with Crippen LogP contribution in [0.2, 0.25) is 10.0 Å². The van der Waals surface area contributed by atoms with Crippen molar-refractivity contribution in [1.29, 1.82) is 0 Å². The van der Waals surface area contributed by atoms with Crippen molar-refractivity contribution in [2.75, 3.05) is 44.2 Å². The zero-order chi connectivity index (χ0) is 22.2. The maximum Gasteiger partial charge on any atom is 0.251 e. The van der Waals surface area contributed by atoms with Gasteiger partial charge in [0.2, 0.25) is 11.8 Å². The number of amides is 3. The molecule has 0 unspecified atom stereocenters. The number of nitrogens with one attached hydrogen (secondary N) is 2. The number of benzene rings is 2. The van der Waals surface area contributed by atoms with E-state index < -0.39 is 0 Å². The predicted octanol–water partition coefficient (Wildman–Crippen LogP) is 2.58. The van der Waals surface area contributed by atoms with E-state index in [0.717, 1.165) is 5.69 Å². The molecule has 1 fully saturated rings. The highest BCUT2D eigenvalue weighted by atomic mass is 35.5. The van der Waals surface area contributed by atoms with E-state index in [1.165, 1.54) is 0 Å². The Bertz CT molecular complexity index is 929. The van der Waals surface area contributed by atoms with Gasteiger partial charge in [-0.25, -0.2) is 0 Å². The molecule has 7 nitrogen and oxygen atoms in total. The van der Waals surface area contributed by atoms with Gasteiger partial charge in [0, 0.05) is 60.4 Å². The highest BCUT2D eigenvalue weighted by Crippen LogP contribution is 2.20. The van der Waals surface area contributed by atoms with Gasteiger partial charge in [0.1, 0.15) is 0 Å². The fourth-order valence-corrected chi connectivity index (χ4v) is 3.56. The molecule has 0 saturated carbocycles. The summed E-state index contributed by atoms with van der Waals surface area (Å²) in [4.78, 5) is 40.3. The molecular weight excluding hydrogens is 439 g/mol. The first-order chi connectivity index (χ1) is 14.9. The fourth-order valence-electron chi connectivity index (χ4n) is 3.25. The van der Waals surface area contributed by atoms with Crippen molar-refractivity contribution in [3.63, 3.8) is 0 Å². The molecule has 9 heteroatoms. The highest BCUT2D eigenvalue weighted by Gasteiger charge is 2.21. The molecule has 2 aromatic rings. The Morgan fingerprint density at radius 1 is 0.871 bits per heavy atom. The smallest absolute Gasteiger partial charge is 0.251 e. The van der Waals surface area contributed by atoms with Crippen molar-refractivity contribution < 1.29 is 14.4 Å². The number of anilines is 1. The summed E-state index contributed by atoms with van der Waals surface area (Å²) in [5.41, 5.74) is 1.51. The first kappa shape index (κ1) is 22.9. The molecule has 31 heavy (non-hydrogen) atoms. The lowest BCUT2D eigenvalue weighted by molar-refractivity contribution is -0.133. The summed E-state index contributed by atoms with van der Waals surface area (Å²) in [6.45, 7) is 2.70. The molecule has 0 spiro atoms. The monoisotopic (exact) mass is 462 g/mol. The van der Waals surface area contributed by atoms with E-state index in [9.17, 15) is 14.4 Å². The summed E-state index contributed by atoms with van der Waals surface area (Å²) in [6, 6.07) is 14.1. The van der Waals surface area contributed by atoms with Gasteiger partial charge in [-0.2, -0.15) is 0 Å². The van der Waals surface area contributed by atoms with Crippen molar-refractivity contribution in [2.24, 2.45) is 0 Å². The first-order valence-corrected chi connectivity index (χ1v) is 10.8. The van der Waals surface area contributed by atoms with Crippen LogP contribution in [0.25, 0.3) is 0 Å². The van der Waals surface area contributed by atoms with Crippen molar-refractivity contribution in [1.82, 2.24) is 15.5 Å². The lowest BCUT2D eigenvalue weighted by Crippen LogP contribution is -2.51. The maximum absolute atomic E-state index is 12.4. The molecule has 0 aromatic heterocycles. The Hall–Kier alpha value is -2.77. The molecule has 1 aliphatic heterocycles. The van der Waals surface area contributed by atoms with Crippen molar-refractivity contribution in [3.8, 4) is 0 Å². The summed E-state index contributed by atoms with van der Waals surface area (Å²) in [5, 5.41) is 6.52. The average Bonchev–Trinajstić information content (AvgIpc) is 2.78. The highest BCUT2D eigenvalue weighted by molar-refractivity contribution is 6.31. The first-order valence-electron chi connectivity index (χ1n) is 10.0. The number of halogens is 2. The Balaban J connectivity index is 1.33. The van der Waals surface area contributed by atoms with Crippen LogP contribution in [-0.4, -0.2) is 61.9 Å². The number of carbonyl (C=O) groups is 3. The number of nitrogens with zero attached hydrogens (tertiary/aromatic N) is 2. The van der Waals surface area contributed by atoms with E-state index >= 15 is 0 Å². The van der Waals surface area contributed by atoms with E-state index in [1.807, 2.05) is 24.3 Å². The molecule has 0 atom stereocenters. The molecule has 0 bridgehead atoms. The third-order valence-electron chi connectivity index (χ3n) is 4.99. The summed E-state index contributed by atoms with van der Waals surface area (Å²) in [7, 11) is 0. The minimum Gasteiger partial charge on any atom is -0.368 e. The van der Waals surface area contributed by atoms with Gasteiger partial charge in [-0.05, 0) is 42.5 Å². The van der Waals surface area contributed by atoms with E-state index in [-0.39, 0.29) is 37.2 Å². The molecule has 2 aromatic carbocycles. The fraction of sp³-hybridized carbons (Fsp3) is 0.318. The Morgan fingerprint density at radius 3 is 2.26 bits per heavy atom. The van der Waals surface area contributed by atoms with E-state index in [1.54, 1.807) is 29.2 Å². The van der Waals surface area contributed by atoms with Gasteiger partial charge in [-0.1, -0.05) is 29.3 Å². The largest absolute Gasteiger partial charge is 0.368 e. The van der Waals surface area contributed by atoms with E-state index in [0.29, 0.717) is 41.8 Å². The molecule has 0 aliphatic carbocycles. The summed E-state index contributed by atoms with van der Waals surface area (Å²) in [6.07, 6.45) is 0.0924. The molecule has 0 radical (unpaired) electrons. The lowest BCUT2D eigenvalue weighted by atomic mass is 10.2. The zero-order valence-corrected chi connectivity index (χ0v) is 18.5. The maximum atomic E-state index is 12.4. The molecule has 3 rings (SSSR count). The minimum atomic E-state index is -0.290. The van der Waals surface area contributed by atoms with Gasteiger partial charge in [-0.15, -0.1) is 0 Å². The van der Waals surface area contributed by atoms with Crippen LogP contribution in [-0.2, 0) is 9.59 Å². The van der Waals surface area contributed by atoms with Crippen LogP contribution in [0.1, 0.15) is 16.8 Å². The standard InChI is InChI=1S/C22H24Cl2N4O3/c23-17-6-4-16(5-7-17)22(31)25-9-8-20(29)26-15-21(30)28-12-10-27(11-13-28)19-3-1-2-18(24)14-19/h1-7,14H,8-13,15H2,(H,25,31)(H,26,29). The normalized spacial score (nSPS) is 13.6. The second kappa shape index (κ2) is 11.0. The number of hydrogen-bond acceptors (Lipinski definition) is 4. The topological polar surface area (TPSA) is 81.8 Å². The van der Waals surface area contributed by atoms with Crippen LogP contribution < -0.4 is 15.5 Å². The van der Waals surface area contributed by atoms with Crippen LogP contribution in [0, 0.1) is 0 Å². The molecule has 3 amide bonds. The second-order valence-electron chi connectivity index (χ2n) is 7.14. The minimum absolute atomic E-state index is 0.0544. The van der Waals surface area contributed by atoms with Crippen molar-refractivity contribution in [2.45, 2.75) is 6.42 Å². The van der Waals surface area contributed by atoms with Gasteiger partial charge in [0.15, 0.2) is 0 Å². The van der Waals surface area contributed by atoms with Gasteiger partial charge >= 0.3 is 0 Å². The van der Waals surface area contributed by atoms with E-state index in [4.69, 9.17) is 23.2 Å². The SMILES string of the molecule is O=C(CCNC(=O)c1ccc(Cl)cc1)NCC(=O)N1CCN(c2cccc(Cl)c2)CC1. The van der Waals surface area contributed by atoms with Gasteiger partial charge in [-0.3, -0.25) is 14.4 Å². The molecular formula is C22H24Cl2N4O3. The van der Waals surface area contributed by atoms with Gasteiger partial charge in [0.25, 0.3) is 5.91 Å². The predicted molar refractivity (Wildman–Crippen MR) is 122 cm³/mol. The number of rotatable bonds is 7. The van der Waals surface area contributed by atoms with Crippen molar-refractivity contribution >= 4 is 46.6 Å². The average molecular weight is 463 g/mol. The third-order valence-corrected chi connectivity index (χ3v) is 5.47. The number of hydrogen-bond donors (Lipinski definition) is 2. The molecule has 1 heterocycles. The molecule has 2 N–H and O–H groups in total. The summed E-state index contributed by atoms with van der Waals surface area (Å²) in [5.74, 6) is -0.690. The van der Waals surface area contributed by atoms with Crippen LogP contribution in [0.15, 0.2) is 48.5 Å². The summed E-state index contributed by atoms with van der Waals surface area (Å²) >= 11 is 11.8.